The van der Waals surface area contributed by atoms with Crippen LogP contribution in [0.1, 0.15) is 0 Å². The highest BCUT2D eigenvalue weighted by atomic mass is 32.2. The first-order valence-electron chi connectivity index (χ1n) is 3.83. The Morgan fingerprint density at radius 3 is 2.13 bits per heavy atom. The molecule has 0 spiro atoms. The van der Waals surface area contributed by atoms with Crippen molar-refractivity contribution >= 4 is 21.6 Å². The Labute approximate surface area is 86.4 Å². The number of hydrogen-bond donors (Lipinski definition) is 1. The maximum atomic E-state index is 10.9. The third-order valence-electron chi connectivity index (χ3n) is 1.81. The molecule has 0 aromatic heterocycles. The third kappa shape index (κ3) is 2.64. The average Bonchev–Trinajstić information content (AvgIpc) is 2.15. The summed E-state index contributed by atoms with van der Waals surface area (Å²) in [6.07, 6.45) is 0. The minimum absolute atomic E-state index is 0.110. The quantitative estimate of drug-likeness (QED) is 0.593. The Bertz CT molecular complexity index is 468. The number of anilines is 1. The lowest BCUT2D eigenvalue weighted by Gasteiger charge is -2.15. The van der Waals surface area contributed by atoms with E-state index in [4.69, 9.17) is 5.14 Å². The van der Waals surface area contributed by atoms with Gasteiger partial charge in [0, 0.05) is 19.2 Å². The largest absolute Gasteiger partial charge is 0.298 e. The molecular weight excluding hydrogens is 222 g/mol. The maximum Gasteiger partial charge on any atom is 0.298 e. The van der Waals surface area contributed by atoms with E-state index in [0.717, 1.165) is 4.31 Å². The van der Waals surface area contributed by atoms with Crippen molar-refractivity contribution in [3.63, 3.8) is 0 Å². The molecule has 2 N–H and O–H groups in total. The fraction of sp³-hybridized carbons (Fsp3) is 0.143. The molecule has 0 saturated carbocycles. The van der Waals surface area contributed by atoms with Crippen LogP contribution in [0.2, 0.25) is 0 Å². The monoisotopic (exact) mass is 231 g/mol. The van der Waals surface area contributed by atoms with Crippen LogP contribution in [0.5, 0.6) is 0 Å². The molecule has 0 atom stereocenters. The van der Waals surface area contributed by atoms with Crippen LogP contribution < -0.4 is 9.44 Å². The van der Waals surface area contributed by atoms with E-state index < -0.39 is 15.1 Å². The van der Waals surface area contributed by atoms with Crippen molar-refractivity contribution in [2.24, 2.45) is 5.14 Å². The van der Waals surface area contributed by atoms with E-state index in [1.54, 1.807) is 0 Å². The molecular formula is C7H9N3O4S. The van der Waals surface area contributed by atoms with Gasteiger partial charge < -0.3 is 0 Å². The Morgan fingerprint density at radius 1 is 1.33 bits per heavy atom. The van der Waals surface area contributed by atoms with Crippen LogP contribution in [-0.2, 0) is 10.2 Å². The normalized spacial score (nSPS) is 11.1. The van der Waals surface area contributed by atoms with Gasteiger partial charge in [0.25, 0.3) is 15.9 Å². The Balaban J connectivity index is 3.05. The van der Waals surface area contributed by atoms with Gasteiger partial charge in [-0.05, 0) is 12.1 Å². The second-order valence-electron chi connectivity index (χ2n) is 2.79. The molecule has 1 aromatic rings. The predicted molar refractivity (Wildman–Crippen MR) is 54.6 cm³/mol. The Morgan fingerprint density at radius 2 is 1.80 bits per heavy atom. The lowest BCUT2D eigenvalue weighted by Crippen LogP contribution is -2.32. The van der Waals surface area contributed by atoms with Crippen molar-refractivity contribution in [3.8, 4) is 0 Å². The zero-order valence-electron chi connectivity index (χ0n) is 7.82. The lowest BCUT2D eigenvalue weighted by molar-refractivity contribution is -0.384. The highest BCUT2D eigenvalue weighted by Crippen LogP contribution is 2.19. The first-order valence-corrected chi connectivity index (χ1v) is 5.34. The minimum atomic E-state index is -3.83. The molecule has 1 aromatic carbocycles. The second-order valence-corrected chi connectivity index (χ2v) is 4.36. The summed E-state index contributed by atoms with van der Waals surface area (Å²) in [4.78, 5) is 9.76. The number of hydrogen-bond acceptors (Lipinski definition) is 4. The molecule has 1 rings (SSSR count). The molecule has 0 unspecified atom stereocenters. The van der Waals surface area contributed by atoms with Gasteiger partial charge in [0.1, 0.15) is 0 Å². The first-order chi connectivity index (χ1) is 6.82. The van der Waals surface area contributed by atoms with Crippen LogP contribution in [0.15, 0.2) is 24.3 Å². The van der Waals surface area contributed by atoms with Crippen LogP contribution in [0.3, 0.4) is 0 Å². The van der Waals surface area contributed by atoms with E-state index >= 15 is 0 Å². The molecule has 15 heavy (non-hydrogen) atoms. The summed E-state index contributed by atoms with van der Waals surface area (Å²) in [5.41, 5.74) is 0.157. The molecule has 0 aliphatic carbocycles. The maximum absolute atomic E-state index is 10.9. The Hall–Kier alpha value is -1.67. The summed E-state index contributed by atoms with van der Waals surface area (Å²) >= 11 is 0. The smallest absolute Gasteiger partial charge is 0.261 e. The molecule has 0 fully saturated rings. The van der Waals surface area contributed by atoms with Gasteiger partial charge in [0.05, 0.1) is 10.6 Å². The van der Waals surface area contributed by atoms with Crippen LogP contribution >= 0.6 is 0 Å². The average molecular weight is 231 g/mol. The molecule has 0 bridgehead atoms. The van der Waals surface area contributed by atoms with Gasteiger partial charge in [-0.25, -0.2) is 5.14 Å². The number of nitrogens with two attached hydrogens (primary N) is 1. The van der Waals surface area contributed by atoms with E-state index in [1.165, 1.54) is 31.3 Å². The molecule has 0 radical (unpaired) electrons. The van der Waals surface area contributed by atoms with E-state index in [0.29, 0.717) is 0 Å². The van der Waals surface area contributed by atoms with E-state index in [2.05, 4.69) is 0 Å². The number of nitrogens with zero attached hydrogens (tertiary/aromatic N) is 2. The summed E-state index contributed by atoms with van der Waals surface area (Å²) in [5, 5.41) is 15.2. The number of benzene rings is 1. The van der Waals surface area contributed by atoms with Crippen molar-refractivity contribution in [3.05, 3.63) is 34.4 Å². The zero-order chi connectivity index (χ0) is 11.6. The van der Waals surface area contributed by atoms with Crippen molar-refractivity contribution < 1.29 is 13.3 Å². The predicted octanol–water partition coefficient (Wildman–Crippen LogP) is 0.235. The van der Waals surface area contributed by atoms with E-state index in [1.807, 2.05) is 0 Å². The van der Waals surface area contributed by atoms with Crippen molar-refractivity contribution in [2.45, 2.75) is 0 Å². The molecule has 0 aliphatic rings. The molecule has 0 saturated heterocycles. The number of rotatable bonds is 3. The fourth-order valence-electron chi connectivity index (χ4n) is 0.931. The molecule has 82 valence electrons. The molecule has 0 amide bonds. The third-order valence-corrected chi connectivity index (χ3v) is 2.78. The Kier molecular flexibility index (Phi) is 2.91. The lowest BCUT2D eigenvalue weighted by atomic mass is 10.3. The second kappa shape index (κ2) is 3.83. The molecule has 0 heterocycles. The van der Waals surface area contributed by atoms with Gasteiger partial charge in [0.15, 0.2) is 0 Å². The van der Waals surface area contributed by atoms with Crippen LogP contribution in [0, 0.1) is 10.1 Å². The van der Waals surface area contributed by atoms with Crippen LogP contribution in [0.4, 0.5) is 11.4 Å². The minimum Gasteiger partial charge on any atom is -0.261 e. The van der Waals surface area contributed by atoms with Crippen LogP contribution in [0.25, 0.3) is 0 Å². The van der Waals surface area contributed by atoms with Crippen molar-refractivity contribution in [1.82, 2.24) is 0 Å². The number of nitro benzene ring substituents is 1. The van der Waals surface area contributed by atoms with Gasteiger partial charge in [-0.1, -0.05) is 0 Å². The van der Waals surface area contributed by atoms with Crippen LogP contribution in [-0.4, -0.2) is 20.4 Å². The van der Waals surface area contributed by atoms with Gasteiger partial charge in [0.2, 0.25) is 0 Å². The summed E-state index contributed by atoms with van der Waals surface area (Å²) < 4.78 is 22.7. The van der Waals surface area contributed by atoms with Gasteiger partial charge in [-0.3, -0.25) is 14.4 Å². The summed E-state index contributed by atoms with van der Waals surface area (Å²) in [5.74, 6) is 0. The summed E-state index contributed by atoms with van der Waals surface area (Å²) in [6, 6.07) is 5.03. The highest BCUT2D eigenvalue weighted by molar-refractivity contribution is 7.90. The summed E-state index contributed by atoms with van der Waals surface area (Å²) in [7, 11) is -2.57. The van der Waals surface area contributed by atoms with E-state index in [-0.39, 0.29) is 11.4 Å². The fourth-order valence-corrected chi connectivity index (χ4v) is 1.35. The molecule has 0 aliphatic heterocycles. The topological polar surface area (TPSA) is 107 Å². The number of non-ortho nitro benzene ring substituents is 1. The SMILES string of the molecule is CN(c1ccc([N+](=O)[O-])cc1)S(N)(=O)=O. The van der Waals surface area contributed by atoms with Gasteiger partial charge in [-0.15, -0.1) is 0 Å². The molecule has 8 heteroatoms. The summed E-state index contributed by atoms with van der Waals surface area (Å²) in [6.45, 7) is 0. The van der Waals surface area contributed by atoms with E-state index in [9.17, 15) is 18.5 Å². The number of nitro groups is 1. The zero-order valence-corrected chi connectivity index (χ0v) is 8.64. The van der Waals surface area contributed by atoms with Crippen molar-refractivity contribution in [1.29, 1.82) is 0 Å². The highest BCUT2D eigenvalue weighted by Gasteiger charge is 2.13. The standard InChI is InChI=1S/C7H9N3O4S/c1-9(15(8,13)14)6-2-4-7(5-3-6)10(11)12/h2-5H,1H3,(H2,8,13,14). The first kappa shape index (κ1) is 11.4. The van der Waals surface area contributed by atoms with Gasteiger partial charge >= 0.3 is 0 Å². The van der Waals surface area contributed by atoms with Gasteiger partial charge in [-0.2, -0.15) is 8.42 Å². The molecule has 7 nitrogen and oxygen atoms in total. The van der Waals surface area contributed by atoms with Crippen molar-refractivity contribution in [2.75, 3.05) is 11.4 Å².